The second-order valence-corrected chi connectivity index (χ2v) is 3.54. The van der Waals surface area contributed by atoms with Gasteiger partial charge in [-0.2, -0.15) is 0 Å². The average Bonchev–Trinajstić information content (AvgIpc) is 2.46. The molecule has 0 bridgehead atoms. The Bertz CT molecular complexity index is 323. The molecule has 2 atom stereocenters. The minimum atomic E-state index is -0.366. The molecule has 0 fully saturated rings. The standard InChI is InChI=1S/C10H13NO2/c1-6(12)10-5-7-4-8(13)2-3-9(7)11-10/h2-4,6,10-13H,5H2,1H3. The summed E-state index contributed by atoms with van der Waals surface area (Å²) in [5, 5.41) is 21.8. The first-order valence-corrected chi connectivity index (χ1v) is 4.43. The molecule has 3 nitrogen and oxygen atoms in total. The van der Waals surface area contributed by atoms with E-state index in [2.05, 4.69) is 5.32 Å². The highest BCUT2D eigenvalue weighted by atomic mass is 16.3. The number of aliphatic hydroxyl groups is 1. The first-order valence-electron chi connectivity index (χ1n) is 4.43. The van der Waals surface area contributed by atoms with Gasteiger partial charge in [0.05, 0.1) is 12.1 Å². The minimum Gasteiger partial charge on any atom is -0.508 e. The molecule has 1 aromatic carbocycles. The Morgan fingerprint density at radius 3 is 3.00 bits per heavy atom. The van der Waals surface area contributed by atoms with E-state index in [1.54, 1.807) is 19.1 Å². The molecule has 0 aliphatic carbocycles. The summed E-state index contributed by atoms with van der Waals surface area (Å²) in [5.74, 6) is 0.284. The highest BCUT2D eigenvalue weighted by molar-refractivity contribution is 5.59. The van der Waals surface area contributed by atoms with Crippen LogP contribution >= 0.6 is 0 Å². The predicted octanol–water partition coefficient (Wildman–Crippen LogP) is 1.11. The molecule has 1 aromatic rings. The average molecular weight is 179 g/mol. The summed E-state index contributed by atoms with van der Waals surface area (Å²) in [6.07, 6.45) is 0.413. The van der Waals surface area contributed by atoms with Crippen LogP contribution in [0.25, 0.3) is 0 Å². The maximum absolute atomic E-state index is 9.37. The Kier molecular flexibility index (Phi) is 1.88. The zero-order valence-corrected chi connectivity index (χ0v) is 7.49. The van der Waals surface area contributed by atoms with Crippen molar-refractivity contribution >= 4 is 5.69 Å². The molecule has 0 saturated heterocycles. The summed E-state index contributed by atoms with van der Waals surface area (Å²) in [4.78, 5) is 0. The van der Waals surface area contributed by atoms with Crippen LogP contribution in [0.1, 0.15) is 12.5 Å². The Labute approximate surface area is 77.0 Å². The van der Waals surface area contributed by atoms with Crippen molar-refractivity contribution in [2.75, 3.05) is 5.32 Å². The van der Waals surface area contributed by atoms with Crippen LogP contribution in [0.3, 0.4) is 0 Å². The Balaban J connectivity index is 2.25. The third-order valence-electron chi connectivity index (χ3n) is 2.45. The van der Waals surface area contributed by atoms with E-state index < -0.39 is 0 Å². The molecule has 1 aliphatic heterocycles. The topological polar surface area (TPSA) is 52.5 Å². The highest BCUT2D eigenvalue weighted by Gasteiger charge is 2.23. The van der Waals surface area contributed by atoms with E-state index in [9.17, 15) is 10.2 Å². The lowest BCUT2D eigenvalue weighted by molar-refractivity contribution is 0.174. The largest absolute Gasteiger partial charge is 0.508 e. The third kappa shape index (κ3) is 1.47. The number of phenolic OH excluding ortho intramolecular Hbond substituents is 1. The fraction of sp³-hybridized carbons (Fsp3) is 0.400. The molecule has 0 amide bonds. The molecule has 1 aliphatic rings. The fourth-order valence-corrected chi connectivity index (χ4v) is 1.67. The van der Waals surface area contributed by atoms with Gasteiger partial charge < -0.3 is 15.5 Å². The number of anilines is 1. The molecule has 3 heteroatoms. The zero-order valence-electron chi connectivity index (χ0n) is 7.49. The van der Waals surface area contributed by atoms with Crippen molar-refractivity contribution in [3.63, 3.8) is 0 Å². The highest BCUT2D eigenvalue weighted by Crippen LogP contribution is 2.29. The van der Waals surface area contributed by atoms with E-state index in [1.165, 1.54) is 0 Å². The van der Waals surface area contributed by atoms with Gasteiger partial charge in [-0.1, -0.05) is 0 Å². The second-order valence-electron chi connectivity index (χ2n) is 3.54. The van der Waals surface area contributed by atoms with Gasteiger partial charge in [-0.25, -0.2) is 0 Å². The molecule has 1 heterocycles. The number of hydrogen-bond acceptors (Lipinski definition) is 3. The van der Waals surface area contributed by atoms with E-state index in [1.807, 2.05) is 6.07 Å². The smallest absolute Gasteiger partial charge is 0.116 e. The van der Waals surface area contributed by atoms with Crippen LogP contribution in [-0.4, -0.2) is 22.4 Å². The SMILES string of the molecule is CC(O)C1Cc2cc(O)ccc2N1. The lowest BCUT2D eigenvalue weighted by Gasteiger charge is -2.13. The van der Waals surface area contributed by atoms with Crippen molar-refractivity contribution in [2.45, 2.75) is 25.5 Å². The first kappa shape index (κ1) is 8.38. The van der Waals surface area contributed by atoms with Crippen LogP contribution < -0.4 is 5.32 Å². The zero-order chi connectivity index (χ0) is 9.42. The number of aromatic hydroxyl groups is 1. The van der Waals surface area contributed by atoms with E-state index in [-0.39, 0.29) is 17.9 Å². The van der Waals surface area contributed by atoms with Gasteiger partial charge in [-0.3, -0.25) is 0 Å². The van der Waals surface area contributed by atoms with Crippen LogP contribution in [0.5, 0.6) is 5.75 Å². The number of benzene rings is 1. The Morgan fingerprint density at radius 2 is 2.31 bits per heavy atom. The number of phenols is 1. The van der Waals surface area contributed by atoms with Crippen LogP contribution in [0.4, 0.5) is 5.69 Å². The monoisotopic (exact) mass is 179 g/mol. The normalized spacial score (nSPS) is 22.2. The van der Waals surface area contributed by atoms with Crippen LogP contribution in [0.15, 0.2) is 18.2 Å². The number of aliphatic hydroxyl groups excluding tert-OH is 1. The maximum atomic E-state index is 9.37. The molecule has 0 saturated carbocycles. The molecule has 70 valence electrons. The number of fused-ring (bicyclic) bond motifs is 1. The lowest BCUT2D eigenvalue weighted by Crippen LogP contribution is -2.28. The fourth-order valence-electron chi connectivity index (χ4n) is 1.67. The van der Waals surface area contributed by atoms with Crippen LogP contribution in [0.2, 0.25) is 0 Å². The molecule has 2 rings (SSSR count). The van der Waals surface area contributed by atoms with Crippen molar-refractivity contribution in [3.8, 4) is 5.75 Å². The maximum Gasteiger partial charge on any atom is 0.116 e. The van der Waals surface area contributed by atoms with Gasteiger partial charge in [0.2, 0.25) is 0 Å². The van der Waals surface area contributed by atoms with Crippen LogP contribution in [0, 0.1) is 0 Å². The van der Waals surface area contributed by atoms with Gasteiger partial charge in [0.1, 0.15) is 5.75 Å². The third-order valence-corrected chi connectivity index (χ3v) is 2.45. The van der Waals surface area contributed by atoms with Gasteiger partial charge in [-0.15, -0.1) is 0 Å². The minimum absolute atomic E-state index is 0.0804. The van der Waals surface area contributed by atoms with Crippen LogP contribution in [-0.2, 0) is 6.42 Å². The quantitative estimate of drug-likeness (QED) is 0.566. The number of hydrogen-bond donors (Lipinski definition) is 3. The molecular formula is C10H13NO2. The van der Waals surface area contributed by atoms with E-state index >= 15 is 0 Å². The van der Waals surface area contributed by atoms with Crippen molar-refractivity contribution in [3.05, 3.63) is 23.8 Å². The van der Waals surface area contributed by atoms with E-state index in [4.69, 9.17) is 0 Å². The molecular weight excluding hydrogens is 166 g/mol. The molecule has 2 unspecified atom stereocenters. The Hall–Kier alpha value is -1.22. The van der Waals surface area contributed by atoms with Gasteiger partial charge >= 0.3 is 0 Å². The Morgan fingerprint density at radius 1 is 1.54 bits per heavy atom. The van der Waals surface area contributed by atoms with Gasteiger partial charge in [0.15, 0.2) is 0 Å². The van der Waals surface area contributed by atoms with Gasteiger partial charge in [0, 0.05) is 5.69 Å². The predicted molar refractivity (Wildman–Crippen MR) is 50.9 cm³/mol. The van der Waals surface area contributed by atoms with Gasteiger partial charge in [-0.05, 0) is 37.1 Å². The summed E-state index contributed by atoms with van der Waals surface area (Å²) in [6.45, 7) is 1.77. The summed E-state index contributed by atoms with van der Waals surface area (Å²) in [7, 11) is 0. The van der Waals surface area contributed by atoms with Crippen molar-refractivity contribution < 1.29 is 10.2 Å². The van der Waals surface area contributed by atoms with E-state index in [0.29, 0.717) is 0 Å². The lowest BCUT2D eigenvalue weighted by atomic mass is 10.1. The number of rotatable bonds is 1. The second kappa shape index (κ2) is 2.92. The summed E-state index contributed by atoms with van der Waals surface area (Å²) in [5.41, 5.74) is 2.09. The first-order chi connectivity index (χ1) is 6.16. The summed E-state index contributed by atoms with van der Waals surface area (Å²) < 4.78 is 0. The molecule has 0 radical (unpaired) electrons. The summed E-state index contributed by atoms with van der Waals surface area (Å²) in [6, 6.07) is 5.31. The molecule has 0 spiro atoms. The molecule has 13 heavy (non-hydrogen) atoms. The van der Waals surface area contributed by atoms with Crippen molar-refractivity contribution in [1.82, 2.24) is 0 Å². The van der Waals surface area contributed by atoms with Crippen molar-refractivity contribution in [1.29, 1.82) is 0 Å². The van der Waals surface area contributed by atoms with Crippen molar-refractivity contribution in [2.24, 2.45) is 0 Å². The van der Waals surface area contributed by atoms with E-state index in [0.717, 1.165) is 17.7 Å². The molecule has 0 aromatic heterocycles. The number of nitrogens with one attached hydrogen (secondary N) is 1. The summed E-state index contributed by atoms with van der Waals surface area (Å²) >= 11 is 0. The van der Waals surface area contributed by atoms with Gasteiger partial charge in [0.25, 0.3) is 0 Å². The molecule has 3 N–H and O–H groups in total.